The summed E-state index contributed by atoms with van der Waals surface area (Å²) in [4.78, 5) is 31.5. The van der Waals surface area contributed by atoms with Gasteiger partial charge in [-0.2, -0.15) is 0 Å². The molecule has 0 N–H and O–H groups in total. The second-order valence-corrected chi connectivity index (χ2v) is 5.48. The SMILES string of the molecule is CCCCCCCOC(=O)OOOC(=O)c1ccc(CCC)cc1. The summed E-state index contributed by atoms with van der Waals surface area (Å²) in [5, 5.41) is 4.16. The van der Waals surface area contributed by atoms with Gasteiger partial charge in [0.25, 0.3) is 0 Å². The Bertz CT molecular complexity index is 483. The standard InChI is InChI=1S/C18H26O6/c1-3-5-6-7-8-14-21-18(20)23-24-22-17(19)16-12-10-15(9-4-2)11-13-16/h10-13H,3-9,14H2,1-2H3. The lowest BCUT2D eigenvalue weighted by Gasteiger charge is -2.04. The highest BCUT2D eigenvalue weighted by molar-refractivity contribution is 5.88. The Balaban J connectivity index is 2.14. The number of rotatable bonds is 11. The van der Waals surface area contributed by atoms with Crippen LogP contribution in [0.15, 0.2) is 24.3 Å². The minimum absolute atomic E-state index is 0.249. The highest BCUT2D eigenvalue weighted by Gasteiger charge is 2.12. The predicted molar refractivity (Wildman–Crippen MR) is 88.1 cm³/mol. The van der Waals surface area contributed by atoms with E-state index in [0.717, 1.165) is 44.1 Å². The van der Waals surface area contributed by atoms with E-state index in [1.54, 1.807) is 12.1 Å². The van der Waals surface area contributed by atoms with Gasteiger partial charge in [0, 0.05) is 0 Å². The van der Waals surface area contributed by atoms with E-state index < -0.39 is 12.1 Å². The molecule has 0 spiro atoms. The number of carbonyl (C=O) groups is 2. The second kappa shape index (κ2) is 12.4. The van der Waals surface area contributed by atoms with Gasteiger partial charge in [0.15, 0.2) is 0 Å². The summed E-state index contributed by atoms with van der Waals surface area (Å²) >= 11 is 0. The third-order valence-electron chi connectivity index (χ3n) is 3.41. The summed E-state index contributed by atoms with van der Waals surface area (Å²) in [6.45, 7) is 4.46. The van der Waals surface area contributed by atoms with Crippen LogP contribution in [-0.4, -0.2) is 18.7 Å². The molecule has 0 aromatic heterocycles. The minimum Gasteiger partial charge on any atom is -0.432 e. The van der Waals surface area contributed by atoms with Gasteiger partial charge in [-0.1, -0.05) is 58.1 Å². The van der Waals surface area contributed by atoms with E-state index in [0.29, 0.717) is 5.56 Å². The Morgan fingerprint density at radius 2 is 1.58 bits per heavy atom. The maximum atomic E-state index is 11.7. The quantitative estimate of drug-likeness (QED) is 0.250. The number of aryl methyl sites for hydroxylation is 1. The van der Waals surface area contributed by atoms with Crippen LogP contribution in [0.2, 0.25) is 0 Å². The van der Waals surface area contributed by atoms with Crippen molar-refractivity contribution in [2.24, 2.45) is 0 Å². The molecule has 6 nitrogen and oxygen atoms in total. The van der Waals surface area contributed by atoms with E-state index >= 15 is 0 Å². The van der Waals surface area contributed by atoms with Gasteiger partial charge in [-0.15, -0.1) is 0 Å². The van der Waals surface area contributed by atoms with Crippen molar-refractivity contribution in [2.45, 2.75) is 58.8 Å². The average molecular weight is 338 g/mol. The molecule has 0 bridgehead atoms. The second-order valence-electron chi connectivity index (χ2n) is 5.48. The third kappa shape index (κ3) is 8.53. The van der Waals surface area contributed by atoms with Gasteiger partial charge in [-0.25, -0.2) is 14.5 Å². The van der Waals surface area contributed by atoms with Gasteiger partial charge in [-0.05, 0) is 30.5 Å². The summed E-state index contributed by atoms with van der Waals surface area (Å²) in [7, 11) is 0. The molecular formula is C18H26O6. The largest absolute Gasteiger partial charge is 0.543 e. The maximum Gasteiger partial charge on any atom is 0.543 e. The van der Waals surface area contributed by atoms with Crippen molar-refractivity contribution in [3.8, 4) is 0 Å². The fraction of sp³-hybridized carbons (Fsp3) is 0.556. The molecule has 0 radical (unpaired) electrons. The minimum atomic E-state index is -1.03. The summed E-state index contributed by atoms with van der Waals surface area (Å²) in [6, 6.07) is 6.94. The number of unbranched alkanes of at least 4 members (excludes halogenated alkanes) is 4. The molecule has 0 amide bonds. The fourth-order valence-electron chi connectivity index (χ4n) is 2.11. The molecule has 1 aromatic carbocycles. The zero-order valence-electron chi connectivity index (χ0n) is 14.4. The van der Waals surface area contributed by atoms with Crippen LogP contribution in [-0.2, 0) is 26.0 Å². The molecule has 0 aliphatic rings. The lowest BCUT2D eigenvalue weighted by Crippen LogP contribution is -2.12. The Hall–Kier alpha value is -2.08. The number of carbonyl (C=O) groups excluding carboxylic acids is 2. The molecule has 0 atom stereocenters. The predicted octanol–water partition coefficient (Wildman–Crippen LogP) is 4.77. The Morgan fingerprint density at radius 1 is 0.875 bits per heavy atom. The fourth-order valence-corrected chi connectivity index (χ4v) is 2.11. The Morgan fingerprint density at radius 3 is 2.25 bits per heavy atom. The van der Waals surface area contributed by atoms with Gasteiger partial charge in [0.2, 0.25) is 0 Å². The van der Waals surface area contributed by atoms with Gasteiger partial charge < -0.3 is 4.74 Å². The maximum absolute atomic E-state index is 11.7. The van der Waals surface area contributed by atoms with Crippen molar-refractivity contribution < 1.29 is 29.1 Å². The van der Waals surface area contributed by atoms with E-state index in [-0.39, 0.29) is 6.61 Å². The topological polar surface area (TPSA) is 71.1 Å². The molecule has 1 rings (SSSR count). The normalized spacial score (nSPS) is 10.2. The molecular weight excluding hydrogens is 312 g/mol. The van der Waals surface area contributed by atoms with E-state index in [1.165, 1.54) is 6.42 Å². The molecule has 0 saturated heterocycles. The van der Waals surface area contributed by atoms with E-state index in [1.807, 2.05) is 12.1 Å². The molecule has 24 heavy (non-hydrogen) atoms. The van der Waals surface area contributed by atoms with Crippen LogP contribution in [0.3, 0.4) is 0 Å². The zero-order valence-corrected chi connectivity index (χ0v) is 14.4. The summed E-state index contributed by atoms with van der Waals surface area (Å²) in [5.74, 6) is -0.745. The van der Waals surface area contributed by atoms with Crippen molar-refractivity contribution in [3.05, 3.63) is 35.4 Å². The van der Waals surface area contributed by atoms with Crippen LogP contribution in [0.1, 0.15) is 68.3 Å². The third-order valence-corrected chi connectivity index (χ3v) is 3.41. The molecule has 0 aliphatic carbocycles. The lowest BCUT2D eigenvalue weighted by molar-refractivity contribution is -0.452. The van der Waals surface area contributed by atoms with Crippen molar-refractivity contribution in [2.75, 3.05) is 6.61 Å². The van der Waals surface area contributed by atoms with Crippen LogP contribution in [0.25, 0.3) is 0 Å². The number of hydrogen-bond acceptors (Lipinski definition) is 6. The summed E-state index contributed by atoms with van der Waals surface area (Å²) in [5.41, 5.74) is 1.44. The summed E-state index contributed by atoms with van der Waals surface area (Å²) < 4.78 is 4.77. The van der Waals surface area contributed by atoms with Crippen molar-refractivity contribution in [3.63, 3.8) is 0 Å². The van der Waals surface area contributed by atoms with Crippen LogP contribution >= 0.6 is 0 Å². The zero-order chi connectivity index (χ0) is 17.6. The van der Waals surface area contributed by atoms with Gasteiger partial charge in [0.05, 0.1) is 17.2 Å². The van der Waals surface area contributed by atoms with Gasteiger partial charge >= 0.3 is 12.1 Å². The van der Waals surface area contributed by atoms with Crippen molar-refractivity contribution in [1.29, 1.82) is 0 Å². The number of benzene rings is 1. The van der Waals surface area contributed by atoms with Crippen molar-refractivity contribution >= 4 is 12.1 Å². The molecule has 0 fully saturated rings. The molecule has 134 valence electrons. The van der Waals surface area contributed by atoms with Crippen LogP contribution in [0.5, 0.6) is 0 Å². The first kappa shape index (κ1) is 20.0. The molecule has 0 heterocycles. The molecule has 0 unspecified atom stereocenters. The van der Waals surface area contributed by atoms with Crippen LogP contribution < -0.4 is 0 Å². The highest BCUT2D eigenvalue weighted by atomic mass is 17.5. The van der Waals surface area contributed by atoms with Crippen LogP contribution in [0.4, 0.5) is 4.79 Å². The van der Waals surface area contributed by atoms with E-state index in [2.05, 4.69) is 28.7 Å². The first-order chi connectivity index (χ1) is 11.7. The smallest absolute Gasteiger partial charge is 0.432 e. The molecule has 6 heteroatoms. The monoisotopic (exact) mass is 338 g/mol. The molecule has 0 aliphatic heterocycles. The average Bonchev–Trinajstić information content (AvgIpc) is 2.59. The number of hydrogen-bond donors (Lipinski definition) is 0. The first-order valence-corrected chi connectivity index (χ1v) is 8.48. The number of ether oxygens (including phenoxy) is 1. The molecule has 1 aromatic rings. The van der Waals surface area contributed by atoms with E-state index in [4.69, 9.17) is 4.74 Å². The first-order valence-electron chi connectivity index (χ1n) is 8.48. The molecule has 0 saturated carbocycles. The van der Waals surface area contributed by atoms with Crippen LogP contribution in [0, 0.1) is 0 Å². The Kier molecular flexibility index (Phi) is 10.3. The van der Waals surface area contributed by atoms with Crippen molar-refractivity contribution in [1.82, 2.24) is 0 Å². The highest BCUT2D eigenvalue weighted by Crippen LogP contribution is 2.08. The Labute approximate surface area is 142 Å². The summed E-state index contributed by atoms with van der Waals surface area (Å²) in [6.07, 6.45) is 6.13. The van der Waals surface area contributed by atoms with E-state index in [9.17, 15) is 9.59 Å². The lowest BCUT2D eigenvalue weighted by atomic mass is 10.1. The van der Waals surface area contributed by atoms with Gasteiger partial charge in [-0.3, -0.25) is 4.89 Å². The van der Waals surface area contributed by atoms with Gasteiger partial charge in [0.1, 0.15) is 0 Å².